The number of halogens is 3. The highest BCUT2D eigenvalue weighted by Crippen LogP contribution is 2.26. The third kappa shape index (κ3) is 6.16. The number of hydrogen-bond donors (Lipinski definition) is 2. The van der Waals surface area contributed by atoms with E-state index in [9.17, 15) is 4.79 Å². The van der Waals surface area contributed by atoms with E-state index in [4.69, 9.17) is 27.9 Å². The highest BCUT2D eigenvalue weighted by atomic mass is 79.9. The van der Waals surface area contributed by atoms with Crippen molar-refractivity contribution in [3.8, 4) is 5.75 Å². The molecular formula is C21H17BrCl2N2O2. The molecule has 1 amide bonds. The lowest BCUT2D eigenvalue weighted by Gasteiger charge is -2.11. The third-order valence-electron chi connectivity index (χ3n) is 3.82. The Hall–Kier alpha value is -2.21. The zero-order valence-corrected chi connectivity index (χ0v) is 17.8. The summed E-state index contributed by atoms with van der Waals surface area (Å²) in [6.07, 6.45) is 0. The Labute approximate surface area is 181 Å². The summed E-state index contributed by atoms with van der Waals surface area (Å²) in [4.78, 5) is 12.0. The van der Waals surface area contributed by atoms with Crippen LogP contribution in [-0.4, -0.2) is 12.5 Å². The molecule has 3 rings (SSSR count). The largest absolute Gasteiger partial charge is 0.482 e. The molecule has 0 saturated carbocycles. The Morgan fingerprint density at radius 3 is 2.29 bits per heavy atom. The van der Waals surface area contributed by atoms with Crippen LogP contribution < -0.4 is 15.4 Å². The van der Waals surface area contributed by atoms with Crippen molar-refractivity contribution < 1.29 is 9.53 Å². The van der Waals surface area contributed by atoms with Crippen molar-refractivity contribution in [3.05, 3.63) is 86.8 Å². The molecule has 3 aromatic carbocycles. The van der Waals surface area contributed by atoms with Crippen LogP contribution in [0.3, 0.4) is 0 Å². The van der Waals surface area contributed by atoms with E-state index in [2.05, 4.69) is 26.6 Å². The van der Waals surface area contributed by atoms with Gasteiger partial charge in [-0.3, -0.25) is 4.79 Å². The van der Waals surface area contributed by atoms with Crippen LogP contribution in [0, 0.1) is 0 Å². The lowest BCUT2D eigenvalue weighted by atomic mass is 10.2. The quantitative estimate of drug-likeness (QED) is 0.413. The maximum absolute atomic E-state index is 12.0. The van der Waals surface area contributed by atoms with Gasteiger partial charge < -0.3 is 15.4 Å². The van der Waals surface area contributed by atoms with Gasteiger partial charge in [0.05, 0.1) is 5.02 Å². The standard InChI is InChI=1S/C21H17BrCl2N2O2/c22-15-2-6-17(7-3-15)25-12-14-1-10-20(19(24)11-14)28-13-21(27)26-18-8-4-16(23)5-9-18/h1-11,25H,12-13H2,(H,26,27). The molecule has 4 nitrogen and oxygen atoms in total. The van der Waals surface area contributed by atoms with E-state index in [1.807, 2.05) is 36.4 Å². The van der Waals surface area contributed by atoms with Crippen LogP contribution in [0.4, 0.5) is 11.4 Å². The van der Waals surface area contributed by atoms with Gasteiger partial charge in [0.25, 0.3) is 5.91 Å². The SMILES string of the molecule is O=C(COc1ccc(CNc2ccc(Br)cc2)cc1Cl)Nc1ccc(Cl)cc1. The second-order valence-electron chi connectivity index (χ2n) is 5.97. The van der Waals surface area contributed by atoms with Crippen molar-refractivity contribution in [1.29, 1.82) is 0 Å². The monoisotopic (exact) mass is 478 g/mol. The number of nitrogens with one attached hydrogen (secondary N) is 2. The number of rotatable bonds is 7. The summed E-state index contributed by atoms with van der Waals surface area (Å²) in [5, 5.41) is 7.12. The smallest absolute Gasteiger partial charge is 0.262 e. The number of carbonyl (C=O) groups excluding carboxylic acids is 1. The lowest BCUT2D eigenvalue weighted by Crippen LogP contribution is -2.20. The Morgan fingerprint density at radius 1 is 0.929 bits per heavy atom. The van der Waals surface area contributed by atoms with Crippen molar-refractivity contribution in [2.24, 2.45) is 0 Å². The average Bonchev–Trinajstić information content (AvgIpc) is 2.68. The minimum absolute atomic E-state index is 0.140. The highest BCUT2D eigenvalue weighted by molar-refractivity contribution is 9.10. The van der Waals surface area contributed by atoms with Gasteiger partial charge in [0.15, 0.2) is 6.61 Å². The minimum Gasteiger partial charge on any atom is -0.482 e. The van der Waals surface area contributed by atoms with Gasteiger partial charge >= 0.3 is 0 Å². The third-order valence-corrected chi connectivity index (χ3v) is 4.90. The zero-order valence-electron chi connectivity index (χ0n) is 14.7. The summed E-state index contributed by atoms with van der Waals surface area (Å²) >= 11 is 15.5. The summed E-state index contributed by atoms with van der Waals surface area (Å²) in [6.45, 7) is 0.484. The normalized spacial score (nSPS) is 10.4. The lowest BCUT2D eigenvalue weighted by molar-refractivity contribution is -0.118. The topological polar surface area (TPSA) is 50.4 Å². The summed E-state index contributed by atoms with van der Waals surface area (Å²) in [7, 11) is 0. The van der Waals surface area contributed by atoms with Crippen LogP contribution >= 0.6 is 39.1 Å². The molecule has 0 atom stereocenters. The van der Waals surface area contributed by atoms with E-state index in [0.717, 1.165) is 15.7 Å². The molecule has 0 fully saturated rings. The van der Waals surface area contributed by atoms with Crippen molar-refractivity contribution >= 4 is 56.4 Å². The molecule has 0 spiro atoms. The second kappa shape index (κ2) is 9.82. The molecule has 0 heterocycles. The molecule has 7 heteroatoms. The van der Waals surface area contributed by atoms with Crippen molar-refractivity contribution in [1.82, 2.24) is 0 Å². The number of hydrogen-bond acceptors (Lipinski definition) is 3. The first kappa shape index (κ1) is 20.5. The fraction of sp³-hybridized carbons (Fsp3) is 0.0952. The molecular weight excluding hydrogens is 463 g/mol. The van der Waals surface area contributed by atoms with Gasteiger partial charge in [0.2, 0.25) is 0 Å². The van der Waals surface area contributed by atoms with Gasteiger partial charge in [0, 0.05) is 27.4 Å². The van der Waals surface area contributed by atoms with E-state index < -0.39 is 0 Å². The Bertz CT molecular complexity index is 948. The highest BCUT2D eigenvalue weighted by Gasteiger charge is 2.08. The predicted octanol–water partition coefficient (Wildman–Crippen LogP) is 6.39. The van der Waals surface area contributed by atoms with Gasteiger partial charge in [-0.15, -0.1) is 0 Å². The number of carbonyl (C=O) groups is 1. The number of amides is 1. The zero-order chi connectivity index (χ0) is 19.9. The number of benzene rings is 3. The summed E-state index contributed by atoms with van der Waals surface area (Å²) in [5.41, 5.74) is 2.67. The van der Waals surface area contributed by atoms with Gasteiger partial charge in [-0.2, -0.15) is 0 Å². The molecule has 2 N–H and O–H groups in total. The average molecular weight is 480 g/mol. The number of anilines is 2. The molecule has 0 aliphatic rings. The van der Waals surface area contributed by atoms with E-state index in [1.54, 1.807) is 30.3 Å². The van der Waals surface area contributed by atoms with Crippen molar-refractivity contribution in [2.45, 2.75) is 6.54 Å². The molecule has 144 valence electrons. The Balaban J connectivity index is 1.51. The maximum atomic E-state index is 12.0. The molecule has 0 saturated heterocycles. The van der Waals surface area contributed by atoms with Crippen molar-refractivity contribution in [3.63, 3.8) is 0 Å². The number of ether oxygens (including phenoxy) is 1. The van der Waals surface area contributed by atoms with Gasteiger partial charge in [-0.25, -0.2) is 0 Å². The summed E-state index contributed by atoms with van der Waals surface area (Å²) in [5.74, 6) is 0.180. The second-order valence-corrected chi connectivity index (χ2v) is 7.73. The Kier molecular flexibility index (Phi) is 7.20. The van der Waals surface area contributed by atoms with Gasteiger partial charge in [-0.05, 0) is 66.2 Å². The minimum atomic E-state index is -0.278. The summed E-state index contributed by atoms with van der Waals surface area (Å²) in [6, 6.07) is 20.3. The molecule has 0 aliphatic heterocycles. The van der Waals surface area contributed by atoms with Crippen molar-refractivity contribution in [2.75, 3.05) is 17.2 Å². The fourth-order valence-electron chi connectivity index (χ4n) is 2.42. The van der Waals surface area contributed by atoms with E-state index in [-0.39, 0.29) is 12.5 Å². The molecule has 0 bridgehead atoms. The van der Waals surface area contributed by atoms with E-state index >= 15 is 0 Å². The van der Waals surface area contributed by atoms with Gasteiger partial charge in [-0.1, -0.05) is 45.2 Å². The van der Waals surface area contributed by atoms with Crippen LogP contribution in [0.2, 0.25) is 10.0 Å². The maximum Gasteiger partial charge on any atom is 0.262 e. The van der Waals surface area contributed by atoms with Crippen LogP contribution in [0.5, 0.6) is 5.75 Å². The molecule has 3 aromatic rings. The first-order valence-corrected chi connectivity index (χ1v) is 10.0. The van der Waals surface area contributed by atoms with Crippen LogP contribution in [0.15, 0.2) is 71.2 Å². The molecule has 0 aromatic heterocycles. The molecule has 0 aliphatic carbocycles. The summed E-state index contributed by atoms with van der Waals surface area (Å²) < 4.78 is 6.56. The van der Waals surface area contributed by atoms with Crippen LogP contribution in [-0.2, 0) is 11.3 Å². The molecule has 28 heavy (non-hydrogen) atoms. The fourth-order valence-corrected chi connectivity index (χ4v) is 3.06. The predicted molar refractivity (Wildman–Crippen MR) is 118 cm³/mol. The first-order chi connectivity index (χ1) is 13.5. The molecule has 0 radical (unpaired) electrons. The van der Waals surface area contributed by atoms with E-state index in [1.165, 1.54) is 0 Å². The van der Waals surface area contributed by atoms with Crippen LogP contribution in [0.25, 0.3) is 0 Å². The first-order valence-electron chi connectivity index (χ1n) is 8.46. The Morgan fingerprint density at radius 2 is 1.61 bits per heavy atom. The van der Waals surface area contributed by atoms with Crippen LogP contribution in [0.1, 0.15) is 5.56 Å². The van der Waals surface area contributed by atoms with E-state index in [0.29, 0.717) is 28.0 Å². The molecule has 0 unspecified atom stereocenters. The van der Waals surface area contributed by atoms with Gasteiger partial charge in [0.1, 0.15) is 5.75 Å².